The van der Waals surface area contributed by atoms with Gasteiger partial charge in [-0.05, 0) is 37.6 Å². The van der Waals surface area contributed by atoms with Crippen LogP contribution in [-0.4, -0.2) is 20.7 Å². The van der Waals surface area contributed by atoms with Crippen LogP contribution in [0.5, 0.6) is 0 Å². The quantitative estimate of drug-likeness (QED) is 0.492. The van der Waals surface area contributed by atoms with Crippen molar-refractivity contribution in [3.05, 3.63) is 59.9 Å². The van der Waals surface area contributed by atoms with E-state index >= 15 is 0 Å². The Morgan fingerprint density at radius 3 is 2.83 bits per heavy atom. The van der Waals surface area contributed by atoms with Gasteiger partial charge in [0, 0.05) is 22.6 Å². The molecule has 0 saturated heterocycles. The van der Waals surface area contributed by atoms with E-state index in [-0.39, 0.29) is 0 Å². The first-order valence-corrected chi connectivity index (χ1v) is 9.40. The summed E-state index contributed by atoms with van der Waals surface area (Å²) in [6, 6.07) is 10.2. The smallest absolute Gasteiger partial charge is 0.166 e. The average Bonchev–Trinajstić information content (AvgIpc) is 2.95. The minimum absolute atomic E-state index is 0.813. The van der Waals surface area contributed by atoms with Crippen LogP contribution in [0.15, 0.2) is 58.7 Å². The summed E-state index contributed by atoms with van der Waals surface area (Å²) in [6.07, 6.45) is 1.89. The number of nitrogens with zero attached hydrogens (tertiary/aromatic N) is 2. The van der Waals surface area contributed by atoms with Crippen molar-refractivity contribution in [2.45, 2.75) is 29.7 Å². The Hall–Kier alpha value is -1.72. The first-order valence-electron chi connectivity index (χ1n) is 7.42. The first-order chi connectivity index (χ1) is 11.1. The third kappa shape index (κ3) is 3.98. The number of pyridine rings is 1. The zero-order valence-corrected chi connectivity index (χ0v) is 14.9. The van der Waals surface area contributed by atoms with Crippen molar-refractivity contribution in [2.75, 3.05) is 5.75 Å². The summed E-state index contributed by atoms with van der Waals surface area (Å²) in [6.45, 7) is 8.16. The van der Waals surface area contributed by atoms with E-state index < -0.39 is 0 Å². The number of H-pyrrole nitrogens is 1. The lowest BCUT2D eigenvalue weighted by molar-refractivity contribution is 1.05. The van der Waals surface area contributed by atoms with Crippen molar-refractivity contribution in [3.63, 3.8) is 0 Å². The summed E-state index contributed by atoms with van der Waals surface area (Å²) in [5.74, 6) is 1.76. The maximum Gasteiger partial charge on any atom is 0.166 e. The summed E-state index contributed by atoms with van der Waals surface area (Å²) in [7, 11) is 0. The van der Waals surface area contributed by atoms with Gasteiger partial charge in [-0.25, -0.2) is 4.98 Å². The molecule has 0 spiro atoms. The van der Waals surface area contributed by atoms with E-state index in [9.17, 15) is 0 Å². The minimum atomic E-state index is 0.813. The number of nitrogens with one attached hydrogen (secondary N) is 1. The fraction of sp³-hybridized carbons (Fsp3) is 0.222. The molecule has 0 amide bonds. The second-order valence-electron chi connectivity index (χ2n) is 5.47. The number of hydrogen-bond acceptors (Lipinski definition) is 4. The van der Waals surface area contributed by atoms with Gasteiger partial charge in [0.2, 0.25) is 0 Å². The molecule has 0 radical (unpaired) electrons. The lowest BCUT2D eigenvalue weighted by Crippen LogP contribution is -1.95. The summed E-state index contributed by atoms with van der Waals surface area (Å²) in [4.78, 5) is 13.8. The number of fused-ring (bicyclic) bond motifs is 1. The number of rotatable bonds is 6. The number of hydrogen-bond donors (Lipinski definition) is 1. The lowest BCUT2D eigenvalue weighted by Gasteiger charge is -2.09. The number of aromatic nitrogens is 3. The molecule has 0 aliphatic heterocycles. The van der Waals surface area contributed by atoms with E-state index in [1.807, 2.05) is 42.2 Å². The molecule has 0 atom stereocenters. The highest BCUT2D eigenvalue weighted by molar-refractivity contribution is 7.99. The average molecular weight is 342 g/mol. The molecule has 3 rings (SSSR count). The van der Waals surface area contributed by atoms with Gasteiger partial charge < -0.3 is 4.98 Å². The van der Waals surface area contributed by atoms with Crippen molar-refractivity contribution >= 4 is 34.6 Å². The molecule has 0 aliphatic carbocycles. The summed E-state index contributed by atoms with van der Waals surface area (Å²) >= 11 is 3.51. The standard InChI is InChI=1S/C18H19N3S2/c1-12(2)10-22-17-8-9-19-16(13(17)3)11-23-18-20-14-6-4-5-7-15(14)21-18/h4-9H,1,10-11H2,2-3H3,(H,20,21). The third-order valence-electron chi connectivity index (χ3n) is 3.45. The van der Waals surface area contributed by atoms with Gasteiger partial charge in [-0.15, -0.1) is 11.8 Å². The maximum atomic E-state index is 4.60. The largest absolute Gasteiger partial charge is 0.333 e. The van der Waals surface area contributed by atoms with Crippen molar-refractivity contribution < 1.29 is 0 Å². The van der Waals surface area contributed by atoms with Gasteiger partial charge in [0.25, 0.3) is 0 Å². The van der Waals surface area contributed by atoms with Gasteiger partial charge >= 0.3 is 0 Å². The third-order valence-corrected chi connectivity index (χ3v) is 5.72. The van der Waals surface area contributed by atoms with Crippen molar-refractivity contribution in [2.24, 2.45) is 0 Å². The number of aromatic amines is 1. The Kier molecular flexibility index (Phi) is 5.08. The normalized spacial score (nSPS) is 11.0. The SMILES string of the molecule is C=C(C)CSc1ccnc(CSc2nc3ccccc3[nH]2)c1C. The molecule has 0 aliphatic rings. The highest BCUT2D eigenvalue weighted by atomic mass is 32.2. The van der Waals surface area contributed by atoms with Crippen molar-refractivity contribution in [1.29, 1.82) is 0 Å². The van der Waals surface area contributed by atoms with Crippen LogP contribution in [0.3, 0.4) is 0 Å². The van der Waals surface area contributed by atoms with E-state index in [0.717, 1.165) is 33.4 Å². The second-order valence-corrected chi connectivity index (χ2v) is 7.46. The predicted octanol–water partition coefficient (Wildman–Crippen LogP) is 5.23. The molecule has 118 valence electrons. The van der Waals surface area contributed by atoms with Crippen LogP contribution < -0.4 is 0 Å². The van der Waals surface area contributed by atoms with Crippen molar-refractivity contribution in [1.82, 2.24) is 15.0 Å². The zero-order chi connectivity index (χ0) is 16.2. The molecule has 2 aromatic heterocycles. The highest BCUT2D eigenvalue weighted by Crippen LogP contribution is 2.28. The molecule has 2 heterocycles. The maximum absolute atomic E-state index is 4.60. The predicted molar refractivity (Wildman–Crippen MR) is 100 cm³/mol. The molecule has 3 aromatic rings. The number of benzene rings is 1. The van der Waals surface area contributed by atoms with Crippen LogP contribution in [0.4, 0.5) is 0 Å². The minimum Gasteiger partial charge on any atom is -0.333 e. The molecule has 0 fully saturated rings. The van der Waals surface area contributed by atoms with E-state index in [2.05, 4.69) is 41.4 Å². The Balaban J connectivity index is 1.72. The molecular formula is C18H19N3S2. The van der Waals surface area contributed by atoms with Crippen LogP contribution in [0.1, 0.15) is 18.2 Å². The van der Waals surface area contributed by atoms with E-state index in [1.165, 1.54) is 16.0 Å². The van der Waals surface area contributed by atoms with E-state index in [0.29, 0.717) is 0 Å². The molecule has 0 unspecified atom stereocenters. The van der Waals surface area contributed by atoms with Gasteiger partial charge in [-0.1, -0.05) is 36.0 Å². The van der Waals surface area contributed by atoms with Crippen LogP contribution in [-0.2, 0) is 5.75 Å². The Morgan fingerprint density at radius 2 is 2.04 bits per heavy atom. The molecule has 0 saturated carbocycles. The van der Waals surface area contributed by atoms with Crippen LogP contribution in [0.2, 0.25) is 0 Å². The lowest BCUT2D eigenvalue weighted by atomic mass is 10.2. The number of para-hydroxylation sites is 2. The molecule has 23 heavy (non-hydrogen) atoms. The fourth-order valence-corrected chi connectivity index (χ4v) is 4.00. The van der Waals surface area contributed by atoms with E-state index in [1.54, 1.807) is 11.8 Å². The Morgan fingerprint density at radius 1 is 1.22 bits per heavy atom. The summed E-state index contributed by atoms with van der Waals surface area (Å²) in [5, 5.41) is 0.937. The van der Waals surface area contributed by atoms with Gasteiger partial charge in [0.15, 0.2) is 5.16 Å². The molecule has 5 heteroatoms. The van der Waals surface area contributed by atoms with E-state index in [4.69, 9.17) is 0 Å². The Bertz CT molecular complexity index is 806. The zero-order valence-electron chi connectivity index (χ0n) is 13.3. The molecule has 0 bridgehead atoms. The molecular weight excluding hydrogens is 322 g/mol. The second kappa shape index (κ2) is 7.23. The van der Waals surface area contributed by atoms with Gasteiger partial charge in [0.1, 0.15) is 0 Å². The summed E-state index contributed by atoms with van der Waals surface area (Å²) in [5.41, 5.74) is 5.63. The topological polar surface area (TPSA) is 41.6 Å². The Labute approximate surface area is 145 Å². The van der Waals surface area contributed by atoms with Crippen LogP contribution >= 0.6 is 23.5 Å². The monoisotopic (exact) mass is 341 g/mol. The molecule has 1 N–H and O–H groups in total. The van der Waals surface area contributed by atoms with Gasteiger partial charge in [-0.2, -0.15) is 0 Å². The van der Waals surface area contributed by atoms with Gasteiger partial charge in [0.05, 0.1) is 16.7 Å². The first kappa shape index (κ1) is 16.1. The van der Waals surface area contributed by atoms with Gasteiger partial charge in [-0.3, -0.25) is 4.98 Å². The van der Waals surface area contributed by atoms with Crippen molar-refractivity contribution in [3.8, 4) is 0 Å². The van der Waals surface area contributed by atoms with Crippen LogP contribution in [0.25, 0.3) is 11.0 Å². The highest BCUT2D eigenvalue weighted by Gasteiger charge is 2.09. The summed E-state index contributed by atoms with van der Waals surface area (Å²) < 4.78 is 0. The number of imidazole rings is 1. The fourth-order valence-electron chi connectivity index (χ4n) is 2.20. The van der Waals surface area contributed by atoms with Crippen LogP contribution in [0, 0.1) is 6.92 Å². The number of thioether (sulfide) groups is 2. The molecule has 1 aromatic carbocycles. The molecule has 3 nitrogen and oxygen atoms in total.